The summed E-state index contributed by atoms with van der Waals surface area (Å²) in [4.78, 5) is 12.0. The monoisotopic (exact) mass is 357 g/mol. The fourth-order valence-corrected chi connectivity index (χ4v) is 3.19. The first-order valence-corrected chi connectivity index (χ1v) is 8.19. The minimum absolute atomic E-state index is 0.00443. The van der Waals surface area contributed by atoms with Gasteiger partial charge in [0.25, 0.3) is 5.91 Å². The normalized spacial score (nSPS) is 25.6. The van der Waals surface area contributed by atoms with Crippen LogP contribution in [0.5, 0.6) is 0 Å². The fourth-order valence-electron chi connectivity index (χ4n) is 2.82. The Balaban J connectivity index is 1.94. The number of rotatable bonds is 4. The molecule has 1 amide bonds. The van der Waals surface area contributed by atoms with Gasteiger partial charge in [-0.2, -0.15) is 0 Å². The first kappa shape index (κ1) is 16.4. The molecular weight excluding hydrogens is 337 g/mol. The number of halogens is 2. The quantitative estimate of drug-likeness (QED) is 0.863. The highest BCUT2D eigenvalue weighted by atomic mass is 79.9. The molecule has 1 aromatic carbocycles. The van der Waals surface area contributed by atoms with Crippen molar-refractivity contribution in [1.29, 1.82) is 0 Å². The lowest BCUT2D eigenvalue weighted by Crippen LogP contribution is -2.45. The summed E-state index contributed by atoms with van der Waals surface area (Å²) in [6, 6.07) is 4.60. The number of hydrogen-bond donors (Lipinski definition) is 2. The lowest BCUT2D eigenvalue weighted by Gasteiger charge is -2.35. The SMILES string of the molecule is CCC1CCC(O)(CNC(=O)c2cccc(Br)c2F)CC1. The third kappa shape index (κ3) is 4.04. The standard InChI is InChI=1S/C16H21BrFNO2/c1-2-11-6-8-16(21,9-7-11)10-19-15(20)12-4-3-5-13(17)14(12)18/h3-5,11,21H,2,6-10H2,1H3,(H,19,20). The second kappa shape index (κ2) is 6.88. The number of hydrogen-bond acceptors (Lipinski definition) is 2. The molecule has 3 nitrogen and oxygen atoms in total. The topological polar surface area (TPSA) is 49.3 Å². The number of carbonyl (C=O) groups excluding carboxylic acids is 1. The van der Waals surface area contributed by atoms with Gasteiger partial charge in [0.1, 0.15) is 5.82 Å². The molecule has 0 aliphatic heterocycles. The van der Waals surface area contributed by atoms with E-state index in [0.717, 1.165) is 19.3 Å². The van der Waals surface area contributed by atoms with Crippen LogP contribution in [0.15, 0.2) is 22.7 Å². The van der Waals surface area contributed by atoms with Gasteiger partial charge in [0.05, 0.1) is 15.6 Å². The Morgan fingerprint density at radius 2 is 2.14 bits per heavy atom. The Kier molecular flexibility index (Phi) is 5.38. The van der Waals surface area contributed by atoms with Crippen molar-refractivity contribution >= 4 is 21.8 Å². The van der Waals surface area contributed by atoms with Gasteiger partial charge in [-0.25, -0.2) is 4.39 Å². The number of carbonyl (C=O) groups is 1. The van der Waals surface area contributed by atoms with E-state index >= 15 is 0 Å². The molecule has 1 aliphatic rings. The number of nitrogens with one attached hydrogen (secondary N) is 1. The van der Waals surface area contributed by atoms with E-state index in [1.54, 1.807) is 12.1 Å². The summed E-state index contributed by atoms with van der Waals surface area (Å²) in [6.07, 6.45) is 4.47. The summed E-state index contributed by atoms with van der Waals surface area (Å²) >= 11 is 3.06. The van der Waals surface area contributed by atoms with Gasteiger partial charge in [0.2, 0.25) is 0 Å². The molecular formula is C16H21BrFNO2. The van der Waals surface area contributed by atoms with Crippen LogP contribution in [0.4, 0.5) is 4.39 Å². The van der Waals surface area contributed by atoms with E-state index in [-0.39, 0.29) is 16.6 Å². The zero-order chi connectivity index (χ0) is 15.5. The lowest BCUT2D eigenvalue weighted by molar-refractivity contribution is -0.00789. The maximum atomic E-state index is 13.8. The van der Waals surface area contributed by atoms with E-state index in [2.05, 4.69) is 28.2 Å². The molecule has 0 bridgehead atoms. The van der Waals surface area contributed by atoms with Crippen molar-refractivity contribution in [1.82, 2.24) is 5.32 Å². The molecule has 21 heavy (non-hydrogen) atoms. The van der Waals surface area contributed by atoms with Crippen LogP contribution in [-0.4, -0.2) is 23.2 Å². The van der Waals surface area contributed by atoms with E-state index < -0.39 is 17.3 Å². The maximum absolute atomic E-state index is 13.8. The molecule has 0 unspecified atom stereocenters. The van der Waals surface area contributed by atoms with Crippen molar-refractivity contribution in [3.05, 3.63) is 34.1 Å². The van der Waals surface area contributed by atoms with Gasteiger partial charge < -0.3 is 10.4 Å². The zero-order valence-corrected chi connectivity index (χ0v) is 13.7. The smallest absolute Gasteiger partial charge is 0.254 e. The maximum Gasteiger partial charge on any atom is 0.254 e. The average Bonchev–Trinajstić information content (AvgIpc) is 2.49. The van der Waals surface area contributed by atoms with Crippen LogP contribution in [0.25, 0.3) is 0 Å². The van der Waals surface area contributed by atoms with Gasteiger partial charge in [-0.15, -0.1) is 0 Å². The van der Waals surface area contributed by atoms with Crippen LogP contribution < -0.4 is 5.32 Å². The highest BCUT2D eigenvalue weighted by Crippen LogP contribution is 2.33. The van der Waals surface area contributed by atoms with Gasteiger partial charge in [-0.05, 0) is 59.7 Å². The number of aliphatic hydroxyl groups is 1. The predicted octanol–water partition coefficient (Wildman–Crippen LogP) is 3.65. The van der Waals surface area contributed by atoms with Crippen LogP contribution in [0.3, 0.4) is 0 Å². The summed E-state index contributed by atoms with van der Waals surface area (Å²) in [5.74, 6) is -0.389. The highest BCUT2D eigenvalue weighted by Gasteiger charge is 2.33. The largest absolute Gasteiger partial charge is 0.388 e. The van der Waals surface area contributed by atoms with Crippen molar-refractivity contribution < 1.29 is 14.3 Å². The molecule has 0 spiro atoms. The zero-order valence-electron chi connectivity index (χ0n) is 12.2. The van der Waals surface area contributed by atoms with E-state index in [9.17, 15) is 14.3 Å². The fraction of sp³-hybridized carbons (Fsp3) is 0.562. The molecule has 1 fully saturated rings. The molecule has 0 heterocycles. The Morgan fingerprint density at radius 1 is 1.48 bits per heavy atom. The number of amides is 1. The molecule has 0 saturated heterocycles. The molecule has 116 valence electrons. The van der Waals surface area contributed by atoms with Crippen LogP contribution in [0.2, 0.25) is 0 Å². The van der Waals surface area contributed by atoms with Crippen molar-refractivity contribution in [3.8, 4) is 0 Å². The number of benzene rings is 1. The van der Waals surface area contributed by atoms with Gasteiger partial charge in [-0.1, -0.05) is 19.4 Å². The van der Waals surface area contributed by atoms with E-state index in [1.807, 2.05) is 0 Å². The Hall–Kier alpha value is -0.940. The average molecular weight is 358 g/mol. The van der Waals surface area contributed by atoms with Gasteiger partial charge in [0.15, 0.2) is 0 Å². The van der Waals surface area contributed by atoms with Crippen molar-refractivity contribution in [2.45, 2.75) is 44.6 Å². The summed E-state index contributed by atoms with van der Waals surface area (Å²) in [5, 5.41) is 13.1. The summed E-state index contributed by atoms with van der Waals surface area (Å²) in [6.45, 7) is 2.33. The molecule has 0 atom stereocenters. The molecule has 2 N–H and O–H groups in total. The van der Waals surface area contributed by atoms with E-state index in [1.165, 1.54) is 6.07 Å². The van der Waals surface area contributed by atoms with Gasteiger partial charge in [-0.3, -0.25) is 4.79 Å². The summed E-state index contributed by atoms with van der Waals surface area (Å²) in [7, 11) is 0. The second-order valence-corrected chi connectivity index (χ2v) is 6.71. The molecule has 2 rings (SSSR count). The van der Waals surface area contributed by atoms with Crippen LogP contribution >= 0.6 is 15.9 Å². The van der Waals surface area contributed by atoms with Crippen molar-refractivity contribution in [2.75, 3.05) is 6.54 Å². The minimum atomic E-state index is -0.857. The Labute approximate surface area is 133 Å². The molecule has 1 aliphatic carbocycles. The van der Waals surface area contributed by atoms with E-state index in [0.29, 0.717) is 18.8 Å². The van der Waals surface area contributed by atoms with Gasteiger partial charge >= 0.3 is 0 Å². The molecule has 0 aromatic heterocycles. The Bertz CT molecular complexity index is 513. The summed E-state index contributed by atoms with van der Waals surface area (Å²) in [5.41, 5.74) is -0.862. The molecule has 5 heteroatoms. The van der Waals surface area contributed by atoms with Crippen molar-refractivity contribution in [2.24, 2.45) is 5.92 Å². The van der Waals surface area contributed by atoms with Crippen LogP contribution in [0.1, 0.15) is 49.4 Å². The van der Waals surface area contributed by atoms with Gasteiger partial charge in [0, 0.05) is 6.54 Å². The highest BCUT2D eigenvalue weighted by molar-refractivity contribution is 9.10. The lowest BCUT2D eigenvalue weighted by atomic mass is 9.78. The van der Waals surface area contributed by atoms with E-state index in [4.69, 9.17) is 0 Å². The molecule has 1 saturated carbocycles. The first-order valence-electron chi connectivity index (χ1n) is 7.40. The third-order valence-corrected chi connectivity index (χ3v) is 5.00. The van der Waals surface area contributed by atoms with Crippen molar-refractivity contribution in [3.63, 3.8) is 0 Å². The molecule has 1 aromatic rings. The van der Waals surface area contributed by atoms with Crippen LogP contribution in [-0.2, 0) is 0 Å². The minimum Gasteiger partial charge on any atom is -0.388 e. The summed E-state index contributed by atoms with van der Waals surface area (Å²) < 4.78 is 14.1. The van der Waals surface area contributed by atoms with Crippen LogP contribution in [0, 0.1) is 11.7 Å². The molecule has 0 radical (unpaired) electrons. The third-order valence-electron chi connectivity index (χ3n) is 4.39. The Morgan fingerprint density at radius 3 is 2.76 bits per heavy atom. The second-order valence-electron chi connectivity index (χ2n) is 5.86. The first-order chi connectivity index (χ1) is 9.95. The predicted molar refractivity (Wildman–Crippen MR) is 83.6 cm³/mol.